The number of hydrogen-bond acceptors (Lipinski definition) is 7. The quantitative estimate of drug-likeness (QED) is 0.479. The average Bonchev–Trinajstić information content (AvgIpc) is 3.09. The van der Waals surface area contributed by atoms with Crippen LogP contribution < -0.4 is 14.4 Å². The third-order valence-electron chi connectivity index (χ3n) is 5.27. The molecule has 0 atom stereocenters. The molecule has 2 aromatic rings. The third kappa shape index (κ3) is 4.99. The molecule has 0 N–H and O–H groups in total. The molecule has 0 saturated heterocycles. The number of imide groups is 1. The van der Waals surface area contributed by atoms with Crippen molar-refractivity contribution in [2.45, 2.75) is 0 Å². The van der Waals surface area contributed by atoms with Gasteiger partial charge in [0, 0.05) is 33.4 Å². The Hall–Kier alpha value is -3.43. The fourth-order valence-electron chi connectivity index (χ4n) is 3.62. The minimum Gasteiger partial charge on any atom is -0.497 e. The Kier molecular flexibility index (Phi) is 8.02. The molecule has 176 valence electrons. The molecular formula is C24H27FN2O6. The molecule has 0 radical (unpaired) electrons. The van der Waals surface area contributed by atoms with Gasteiger partial charge in [-0.15, -0.1) is 0 Å². The van der Waals surface area contributed by atoms with Crippen molar-refractivity contribution in [1.82, 2.24) is 4.90 Å². The molecule has 0 saturated carbocycles. The zero-order chi connectivity index (χ0) is 24.0. The van der Waals surface area contributed by atoms with Gasteiger partial charge < -0.3 is 23.8 Å². The van der Waals surface area contributed by atoms with Gasteiger partial charge in [0.05, 0.1) is 38.7 Å². The van der Waals surface area contributed by atoms with Gasteiger partial charge in [0.25, 0.3) is 11.8 Å². The highest BCUT2D eigenvalue weighted by Crippen LogP contribution is 2.40. The number of halogens is 1. The number of ether oxygens (including phenoxy) is 4. The molecule has 1 aliphatic heterocycles. The van der Waals surface area contributed by atoms with E-state index in [0.29, 0.717) is 43.4 Å². The summed E-state index contributed by atoms with van der Waals surface area (Å²) in [4.78, 5) is 30.3. The van der Waals surface area contributed by atoms with Crippen molar-refractivity contribution in [2.75, 3.05) is 59.6 Å². The Bertz CT molecular complexity index is 1030. The molecule has 0 spiro atoms. The number of hydrogen-bond donors (Lipinski definition) is 0. The van der Waals surface area contributed by atoms with Crippen LogP contribution in [0, 0.1) is 5.82 Å². The van der Waals surface area contributed by atoms with Gasteiger partial charge in [0.1, 0.15) is 23.0 Å². The fraction of sp³-hybridized carbons (Fsp3) is 0.333. The zero-order valence-electron chi connectivity index (χ0n) is 19.1. The van der Waals surface area contributed by atoms with Crippen LogP contribution in [0.4, 0.5) is 10.1 Å². The van der Waals surface area contributed by atoms with Crippen molar-refractivity contribution >= 4 is 23.1 Å². The van der Waals surface area contributed by atoms with E-state index in [1.165, 1.54) is 38.5 Å². The predicted octanol–water partition coefficient (Wildman–Crippen LogP) is 2.72. The molecule has 9 heteroatoms. The lowest BCUT2D eigenvalue weighted by molar-refractivity contribution is -0.120. The summed E-state index contributed by atoms with van der Waals surface area (Å²) in [6.07, 6.45) is 0. The van der Waals surface area contributed by atoms with Gasteiger partial charge in [0.2, 0.25) is 0 Å². The molecular weight excluding hydrogens is 431 g/mol. The first kappa shape index (κ1) is 24.2. The van der Waals surface area contributed by atoms with Crippen molar-refractivity contribution < 1.29 is 32.9 Å². The summed E-state index contributed by atoms with van der Waals surface area (Å²) >= 11 is 0. The summed E-state index contributed by atoms with van der Waals surface area (Å²) in [5, 5.41) is 0. The molecule has 8 nitrogen and oxygen atoms in total. The molecule has 2 amide bonds. The highest BCUT2D eigenvalue weighted by atomic mass is 19.1. The van der Waals surface area contributed by atoms with Crippen LogP contribution in [0.25, 0.3) is 5.57 Å². The van der Waals surface area contributed by atoms with Crippen molar-refractivity contribution in [3.63, 3.8) is 0 Å². The summed E-state index contributed by atoms with van der Waals surface area (Å²) < 4.78 is 34.7. The molecule has 3 rings (SSSR count). The lowest BCUT2D eigenvalue weighted by Gasteiger charge is -2.26. The normalized spacial score (nSPS) is 13.7. The Balaban J connectivity index is 2.17. The highest BCUT2D eigenvalue weighted by molar-refractivity contribution is 6.45. The number of carbonyl (C=O) groups excluding carboxylic acids is 2. The maximum atomic E-state index is 13.8. The van der Waals surface area contributed by atoms with Gasteiger partial charge in [-0.1, -0.05) is 12.1 Å². The molecule has 1 heterocycles. The third-order valence-corrected chi connectivity index (χ3v) is 5.27. The molecule has 0 unspecified atom stereocenters. The SMILES string of the molecule is COCCN(CCOC)C1=C(c2ccc(F)cc2)C(=O)N(c2cc(OC)ccc2OC)C1=O. The van der Waals surface area contributed by atoms with Gasteiger partial charge in [-0.2, -0.15) is 0 Å². The molecule has 2 aromatic carbocycles. The molecule has 0 aliphatic carbocycles. The van der Waals surface area contributed by atoms with Crippen molar-refractivity contribution in [2.24, 2.45) is 0 Å². The van der Waals surface area contributed by atoms with E-state index in [-0.39, 0.29) is 17.0 Å². The standard InChI is InChI=1S/C24H27FN2O6/c1-30-13-11-26(12-14-31-2)22-21(16-5-7-17(25)8-6-16)23(28)27(24(22)29)19-15-18(32-3)9-10-20(19)33-4/h5-10,15H,11-14H2,1-4H3. The summed E-state index contributed by atoms with van der Waals surface area (Å²) in [5.41, 5.74) is 1.02. The number of carbonyl (C=O) groups is 2. The number of nitrogens with zero attached hydrogens (tertiary/aromatic N) is 2. The van der Waals surface area contributed by atoms with Gasteiger partial charge >= 0.3 is 0 Å². The summed E-state index contributed by atoms with van der Waals surface area (Å²) in [6, 6.07) is 10.3. The second kappa shape index (κ2) is 10.9. The Morgan fingerprint density at radius 3 is 2.03 bits per heavy atom. The van der Waals surface area contributed by atoms with Crippen LogP contribution in [0.15, 0.2) is 48.2 Å². The topological polar surface area (TPSA) is 77.5 Å². The number of benzene rings is 2. The van der Waals surface area contributed by atoms with E-state index < -0.39 is 17.6 Å². The van der Waals surface area contributed by atoms with Crippen LogP contribution in [-0.4, -0.2) is 71.5 Å². The molecule has 33 heavy (non-hydrogen) atoms. The maximum Gasteiger partial charge on any atom is 0.282 e. The number of anilines is 1. The van der Waals surface area contributed by atoms with Crippen LogP contribution in [0.3, 0.4) is 0 Å². The van der Waals surface area contributed by atoms with Crippen LogP contribution in [-0.2, 0) is 19.1 Å². The van der Waals surface area contributed by atoms with Crippen LogP contribution in [0.2, 0.25) is 0 Å². The second-order valence-corrected chi connectivity index (χ2v) is 7.19. The Morgan fingerprint density at radius 2 is 1.48 bits per heavy atom. The predicted molar refractivity (Wildman–Crippen MR) is 121 cm³/mol. The highest BCUT2D eigenvalue weighted by Gasteiger charge is 2.43. The van der Waals surface area contributed by atoms with E-state index in [1.807, 2.05) is 0 Å². The molecule has 0 bridgehead atoms. The van der Waals surface area contributed by atoms with E-state index in [0.717, 1.165) is 4.90 Å². The van der Waals surface area contributed by atoms with Crippen molar-refractivity contribution in [1.29, 1.82) is 0 Å². The van der Waals surface area contributed by atoms with E-state index in [9.17, 15) is 14.0 Å². The lowest BCUT2D eigenvalue weighted by Crippen LogP contribution is -2.37. The molecule has 0 fully saturated rings. The van der Waals surface area contributed by atoms with Crippen LogP contribution in [0.5, 0.6) is 11.5 Å². The smallest absolute Gasteiger partial charge is 0.282 e. The van der Waals surface area contributed by atoms with E-state index in [2.05, 4.69) is 0 Å². The van der Waals surface area contributed by atoms with Crippen LogP contribution in [0.1, 0.15) is 5.56 Å². The Labute approximate surface area is 192 Å². The zero-order valence-corrected chi connectivity index (χ0v) is 19.1. The van der Waals surface area contributed by atoms with Gasteiger partial charge in [-0.25, -0.2) is 9.29 Å². The van der Waals surface area contributed by atoms with Crippen LogP contribution >= 0.6 is 0 Å². The summed E-state index contributed by atoms with van der Waals surface area (Å²) in [6.45, 7) is 1.35. The number of rotatable bonds is 11. The first-order valence-electron chi connectivity index (χ1n) is 10.3. The number of amides is 2. The van der Waals surface area contributed by atoms with E-state index in [1.54, 1.807) is 37.3 Å². The number of methoxy groups -OCH3 is 4. The van der Waals surface area contributed by atoms with Gasteiger partial charge in [-0.3, -0.25) is 9.59 Å². The minimum atomic E-state index is -0.548. The minimum absolute atomic E-state index is 0.164. The largest absolute Gasteiger partial charge is 0.497 e. The molecule has 1 aliphatic rings. The monoisotopic (exact) mass is 458 g/mol. The molecule has 0 aromatic heterocycles. The Morgan fingerprint density at radius 1 is 0.848 bits per heavy atom. The maximum absolute atomic E-state index is 13.8. The van der Waals surface area contributed by atoms with E-state index >= 15 is 0 Å². The fourth-order valence-corrected chi connectivity index (χ4v) is 3.62. The van der Waals surface area contributed by atoms with Crippen molar-refractivity contribution in [3.05, 3.63) is 59.5 Å². The summed E-state index contributed by atoms with van der Waals surface area (Å²) in [5.74, 6) is -0.734. The van der Waals surface area contributed by atoms with Gasteiger partial charge in [-0.05, 0) is 29.8 Å². The first-order chi connectivity index (χ1) is 16.0. The average molecular weight is 458 g/mol. The summed E-state index contributed by atoms with van der Waals surface area (Å²) in [7, 11) is 6.05. The van der Waals surface area contributed by atoms with Gasteiger partial charge in [0.15, 0.2) is 0 Å². The second-order valence-electron chi connectivity index (χ2n) is 7.19. The van der Waals surface area contributed by atoms with Crippen molar-refractivity contribution in [3.8, 4) is 11.5 Å². The first-order valence-corrected chi connectivity index (χ1v) is 10.3. The lowest BCUT2D eigenvalue weighted by atomic mass is 10.0. The van der Waals surface area contributed by atoms with E-state index in [4.69, 9.17) is 18.9 Å².